The molecule has 0 radical (unpaired) electrons. The van der Waals surface area contributed by atoms with Gasteiger partial charge in [-0.3, -0.25) is 4.90 Å². The van der Waals surface area contributed by atoms with Gasteiger partial charge >= 0.3 is 0 Å². The number of nitrogens with zero attached hydrogens (tertiary/aromatic N) is 2. The zero-order chi connectivity index (χ0) is 20.2. The van der Waals surface area contributed by atoms with Crippen LogP contribution in [0.5, 0.6) is 0 Å². The van der Waals surface area contributed by atoms with Crippen molar-refractivity contribution in [1.29, 1.82) is 0 Å². The van der Waals surface area contributed by atoms with Gasteiger partial charge < -0.3 is 15.4 Å². The summed E-state index contributed by atoms with van der Waals surface area (Å²) in [5, 5.41) is 6.37. The minimum Gasteiger partial charge on any atom is -0.379 e. The van der Waals surface area contributed by atoms with E-state index >= 15 is 0 Å². The highest BCUT2D eigenvalue weighted by molar-refractivity contribution is 14.0. The second kappa shape index (κ2) is 14.1. The lowest BCUT2D eigenvalue weighted by Gasteiger charge is -2.27. The van der Waals surface area contributed by atoms with Gasteiger partial charge in [-0.1, -0.05) is 24.3 Å². The van der Waals surface area contributed by atoms with E-state index in [1.165, 1.54) is 11.1 Å². The predicted molar refractivity (Wildman–Crippen MR) is 128 cm³/mol. The summed E-state index contributed by atoms with van der Waals surface area (Å²) in [6, 6.07) is 8.36. The number of guanidine groups is 1. The fourth-order valence-electron chi connectivity index (χ4n) is 2.86. The smallest absolute Gasteiger partial charge is 0.211 e. The molecule has 29 heavy (non-hydrogen) atoms. The molecule has 3 N–H and O–H groups in total. The van der Waals surface area contributed by atoms with Crippen LogP contribution in [0.25, 0.3) is 0 Å². The van der Waals surface area contributed by atoms with Crippen molar-refractivity contribution in [3.05, 3.63) is 35.4 Å². The highest BCUT2D eigenvalue weighted by atomic mass is 127. The molecule has 0 bridgehead atoms. The van der Waals surface area contributed by atoms with Crippen molar-refractivity contribution in [2.45, 2.75) is 26.9 Å². The van der Waals surface area contributed by atoms with Gasteiger partial charge in [0, 0.05) is 39.3 Å². The molecule has 1 saturated heterocycles. The quantitative estimate of drug-likeness (QED) is 0.179. The Morgan fingerprint density at radius 2 is 1.79 bits per heavy atom. The maximum atomic E-state index is 11.5. The van der Waals surface area contributed by atoms with E-state index in [2.05, 4.69) is 43.4 Å². The summed E-state index contributed by atoms with van der Waals surface area (Å²) in [6.07, 6.45) is 0. The average molecular weight is 539 g/mol. The van der Waals surface area contributed by atoms with Crippen LogP contribution in [0.15, 0.2) is 29.3 Å². The molecule has 0 amide bonds. The molecule has 0 saturated carbocycles. The molecule has 1 aliphatic heterocycles. The highest BCUT2D eigenvalue weighted by Crippen LogP contribution is 2.14. The van der Waals surface area contributed by atoms with Crippen LogP contribution in [-0.4, -0.2) is 71.0 Å². The molecule has 10 heteroatoms. The first-order valence-corrected chi connectivity index (χ1v) is 11.6. The van der Waals surface area contributed by atoms with Gasteiger partial charge in [0.25, 0.3) is 0 Å². The van der Waals surface area contributed by atoms with E-state index in [4.69, 9.17) is 4.74 Å². The number of benzene rings is 1. The molecule has 0 aromatic heterocycles. The van der Waals surface area contributed by atoms with Gasteiger partial charge in [-0.25, -0.2) is 18.1 Å². The van der Waals surface area contributed by atoms with Crippen LogP contribution < -0.4 is 15.4 Å². The van der Waals surface area contributed by atoms with Gasteiger partial charge in [0.2, 0.25) is 10.0 Å². The lowest BCUT2D eigenvalue weighted by molar-refractivity contribution is 0.0341. The first kappa shape index (κ1) is 26.1. The fraction of sp³-hybridized carbons (Fsp3) is 0.632. The Labute approximate surface area is 191 Å². The first-order chi connectivity index (χ1) is 13.5. The standard InChI is InChI=1S/C19H33N5O3S.HI/c1-3-20-19(21-9-10-23-28(25,26)4-2)22-15-17-7-5-6-8-18(17)16-24-11-13-27-14-12-24;/h5-8,23H,3-4,9-16H2,1-2H3,(H2,20,21,22);1H. The van der Waals surface area contributed by atoms with Crippen LogP contribution in [-0.2, 0) is 27.8 Å². The molecule has 1 aliphatic rings. The minimum atomic E-state index is -3.17. The van der Waals surface area contributed by atoms with Crippen LogP contribution in [0.2, 0.25) is 0 Å². The van der Waals surface area contributed by atoms with Crippen LogP contribution in [0, 0.1) is 0 Å². The summed E-state index contributed by atoms with van der Waals surface area (Å²) in [5.41, 5.74) is 2.47. The molecule has 1 heterocycles. The maximum Gasteiger partial charge on any atom is 0.211 e. The van der Waals surface area contributed by atoms with Crippen LogP contribution in [0.3, 0.4) is 0 Å². The molecule has 0 atom stereocenters. The van der Waals surface area contributed by atoms with E-state index in [9.17, 15) is 8.42 Å². The Kier molecular flexibility index (Phi) is 12.7. The number of nitrogens with one attached hydrogen (secondary N) is 3. The van der Waals surface area contributed by atoms with Gasteiger partial charge in [0.15, 0.2) is 5.96 Å². The third-order valence-corrected chi connectivity index (χ3v) is 5.89. The third kappa shape index (κ3) is 10.1. The summed E-state index contributed by atoms with van der Waals surface area (Å²) in [5.74, 6) is 0.764. The van der Waals surface area contributed by atoms with Crippen LogP contribution >= 0.6 is 24.0 Å². The number of hydrogen-bond acceptors (Lipinski definition) is 5. The number of sulfonamides is 1. The van der Waals surface area contributed by atoms with E-state index in [0.29, 0.717) is 25.6 Å². The van der Waals surface area contributed by atoms with Crippen molar-refractivity contribution in [3.8, 4) is 0 Å². The fourth-order valence-corrected chi connectivity index (χ4v) is 3.48. The molecule has 0 spiro atoms. The van der Waals surface area contributed by atoms with Gasteiger partial charge in [0.05, 0.1) is 25.5 Å². The average Bonchev–Trinajstić information content (AvgIpc) is 2.71. The summed E-state index contributed by atoms with van der Waals surface area (Å²) in [4.78, 5) is 7.06. The largest absolute Gasteiger partial charge is 0.379 e. The summed E-state index contributed by atoms with van der Waals surface area (Å²) in [7, 11) is -3.17. The van der Waals surface area contributed by atoms with E-state index in [1.54, 1.807) is 6.92 Å². The summed E-state index contributed by atoms with van der Waals surface area (Å²) < 4.78 is 30.9. The molecule has 1 aromatic carbocycles. The molecule has 0 aliphatic carbocycles. The molecule has 1 aromatic rings. The number of ether oxygens (including phenoxy) is 1. The van der Waals surface area contributed by atoms with E-state index < -0.39 is 10.0 Å². The molecule has 2 rings (SSSR count). The summed E-state index contributed by atoms with van der Waals surface area (Å²) >= 11 is 0. The zero-order valence-corrected chi connectivity index (χ0v) is 20.5. The van der Waals surface area contributed by atoms with E-state index in [1.807, 2.05) is 13.0 Å². The third-order valence-electron chi connectivity index (χ3n) is 4.49. The molecule has 166 valence electrons. The Morgan fingerprint density at radius 1 is 1.10 bits per heavy atom. The van der Waals surface area contributed by atoms with Crippen molar-refractivity contribution >= 4 is 40.0 Å². The van der Waals surface area contributed by atoms with Crippen LogP contribution in [0.4, 0.5) is 0 Å². The van der Waals surface area contributed by atoms with E-state index in [-0.39, 0.29) is 29.7 Å². The number of morpholine rings is 1. The summed E-state index contributed by atoms with van der Waals surface area (Å²) in [6.45, 7) is 10.1. The predicted octanol–water partition coefficient (Wildman–Crippen LogP) is 1.13. The maximum absolute atomic E-state index is 11.5. The molecular weight excluding hydrogens is 505 g/mol. The van der Waals surface area contributed by atoms with Gasteiger partial charge in [0.1, 0.15) is 0 Å². The van der Waals surface area contributed by atoms with E-state index in [0.717, 1.165) is 39.4 Å². The minimum absolute atomic E-state index is 0. The molecular formula is C19H34IN5O3S. The number of rotatable bonds is 10. The Balaban J connectivity index is 0.00000420. The monoisotopic (exact) mass is 539 g/mol. The second-order valence-electron chi connectivity index (χ2n) is 6.58. The van der Waals surface area contributed by atoms with Gasteiger partial charge in [-0.2, -0.15) is 0 Å². The van der Waals surface area contributed by atoms with Gasteiger partial charge in [-0.15, -0.1) is 24.0 Å². The SMILES string of the molecule is CCNC(=NCc1ccccc1CN1CCOCC1)NCCNS(=O)(=O)CC.I. The highest BCUT2D eigenvalue weighted by Gasteiger charge is 2.12. The molecule has 0 unspecified atom stereocenters. The van der Waals surface area contributed by atoms with Crippen molar-refractivity contribution in [2.75, 3.05) is 51.7 Å². The van der Waals surface area contributed by atoms with Crippen molar-refractivity contribution in [2.24, 2.45) is 4.99 Å². The van der Waals surface area contributed by atoms with Crippen molar-refractivity contribution in [3.63, 3.8) is 0 Å². The first-order valence-electron chi connectivity index (χ1n) is 9.90. The Bertz CT molecular complexity index is 724. The Hall–Kier alpha value is -0.950. The number of aliphatic imine (C=N–C) groups is 1. The zero-order valence-electron chi connectivity index (χ0n) is 17.3. The van der Waals surface area contributed by atoms with Gasteiger partial charge in [-0.05, 0) is 25.0 Å². The topological polar surface area (TPSA) is 95.1 Å². The Morgan fingerprint density at radius 3 is 2.45 bits per heavy atom. The van der Waals surface area contributed by atoms with Crippen molar-refractivity contribution in [1.82, 2.24) is 20.3 Å². The van der Waals surface area contributed by atoms with Crippen LogP contribution in [0.1, 0.15) is 25.0 Å². The lowest BCUT2D eigenvalue weighted by Crippen LogP contribution is -2.41. The molecule has 8 nitrogen and oxygen atoms in total. The number of halogens is 1. The lowest BCUT2D eigenvalue weighted by atomic mass is 10.1. The molecule has 1 fully saturated rings. The second-order valence-corrected chi connectivity index (χ2v) is 8.67. The number of hydrogen-bond donors (Lipinski definition) is 3. The normalized spacial score (nSPS) is 15.6. The van der Waals surface area contributed by atoms with Crippen molar-refractivity contribution < 1.29 is 13.2 Å².